The molecular weight excluding hydrogens is 288 g/mol. The Labute approximate surface area is 90.3 Å². The van der Waals surface area contributed by atoms with Gasteiger partial charge < -0.3 is 4.74 Å². The van der Waals surface area contributed by atoms with Gasteiger partial charge in [-0.2, -0.15) is 0 Å². The number of esters is 1. The molecule has 0 rings (SSSR count). The lowest BCUT2D eigenvalue weighted by Crippen LogP contribution is -2.23. The summed E-state index contributed by atoms with van der Waals surface area (Å²) in [6.07, 6.45) is 0.443. The highest BCUT2D eigenvalue weighted by Crippen LogP contribution is 2.18. The van der Waals surface area contributed by atoms with Crippen molar-refractivity contribution in [3.8, 4) is 0 Å². The molecule has 0 N–H and O–H groups in total. The molecule has 72 valence electrons. The Morgan fingerprint density at radius 2 is 2.00 bits per heavy atom. The van der Waals surface area contributed by atoms with Crippen LogP contribution in [0.3, 0.4) is 0 Å². The molecule has 0 aromatic carbocycles. The summed E-state index contributed by atoms with van der Waals surface area (Å²) < 4.78 is 5.04. The highest BCUT2D eigenvalue weighted by molar-refractivity contribution is 9.09. The van der Waals surface area contributed by atoms with Crippen LogP contribution in [0.5, 0.6) is 0 Å². The van der Waals surface area contributed by atoms with Crippen molar-refractivity contribution in [1.82, 2.24) is 0 Å². The topological polar surface area (TPSA) is 26.3 Å². The Kier molecular flexibility index (Phi) is 6.19. The van der Waals surface area contributed by atoms with Gasteiger partial charge in [0.05, 0.1) is 13.0 Å². The summed E-state index contributed by atoms with van der Waals surface area (Å²) in [7, 11) is 0. The lowest BCUT2D eigenvalue weighted by atomic mass is 9.98. The lowest BCUT2D eigenvalue weighted by Gasteiger charge is -2.20. The molecule has 12 heavy (non-hydrogen) atoms. The van der Waals surface area contributed by atoms with E-state index in [-0.39, 0.29) is 11.4 Å². The minimum absolute atomic E-state index is 0.0297. The average molecular weight is 302 g/mol. The van der Waals surface area contributed by atoms with Gasteiger partial charge in [-0.05, 0) is 0 Å². The van der Waals surface area contributed by atoms with E-state index in [2.05, 4.69) is 31.9 Å². The Balaban J connectivity index is 3.60. The molecule has 0 bridgehead atoms. The molecule has 0 amide bonds. The number of carbonyl (C=O) groups excluding carboxylic acids is 1. The molecule has 0 radical (unpaired) electrons. The zero-order valence-electron chi connectivity index (χ0n) is 7.40. The Morgan fingerprint density at radius 1 is 1.42 bits per heavy atom. The zero-order chi connectivity index (χ0) is 9.61. The van der Waals surface area contributed by atoms with Crippen molar-refractivity contribution in [3.63, 3.8) is 0 Å². The first-order chi connectivity index (χ1) is 5.52. The van der Waals surface area contributed by atoms with E-state index in [4.69, 9.17) is 4.74 Å². The van der Waals surface area contributed by atoms with E-state index in [1.165, 1.54) is 0 Å². The number of carbonyl (C=O) groups is 1. The maximum Gasteiger partial charge on any atom is 0.306 e. The second-order valence-corrected chi connectivity index (χ2v) is 4.75. The molecule has 2 nitrogen and oxygen atoms in total. The second kappa shape index (κ2) is 5.97. The van der Waals surface area contributed by atoms with Crippen LogP contribution >= 0.6 is 31.9 Å². The van der Waals surface area contributed by atoms with Crippen LogP contribution in [0.15, 0.2) is 0 Å². The van der Waals surface area contributed by atoms with Gasteiger partial charge in [-0.25, -0.2) is 0 Å². The van der Waals surface area contributed by atoms with Crippen LogP contribution in [-0.2, 0) is 9.53 Å². The largest absolute Gasteiger partial charge is 0.465 e. The van der Waals surface area contributed by atoms with E-state index in [0.717, 1.165) is 5.33 Å². The molecule has 0 saturated carbocycles. The molecule has 0 fully saturated rings. The highest BCUT2D eigenvalue weighted by Gasteiger charge is 2.18. The molecule has 0 aromatic rings. The fraction of sp³-hybridized carbons (Fsp3) is 0.875. The molecule has 0 unspecified atom stereocenters. The molecule has 0 aliphatic rings. The number of hydrogen-bond acceptors (Lipinski definition) is 2. The van der Waals surface area contributed by atoms with E-state index in [1.54, 1.807) is 0 Å². The van der Waals surface area contributed by atoms with Crippen LogP contribution in [0.4, 0.5) is 0 Å². The van der Waals surface area contributed by atoms with Crippen LogP contribution in [0.1, 0.15) is 20.3 Å². The first kappa shape index (κ1) is 12.4. The van der Waals surface area contributed by atoms with E-state index >= 15 is 0 Å². The number of halogens is 2. The summed E-state index contributed by atoms with van der Waals surface area (Å²) in [6.45, 7) is 4.57. The van der Waals surface area contributed by atoms with E-state index < -0.39 is 0 Å². The fourth-order valence-corrected chi connectivity index (χ4v) is 0.949. The van der Waals surface area contributed by atoms with Crippen molar-refractivity contribution in [2.24, 2.45) is 5.41 Å². The summed E-state index contributed by atoms with van der Waals surface area (Å²) in [6, 6.07) is 0. The number of rotatable bonds is 5. The minimum atomic E-state index is -0.138. The molecule has 0 aliphatic carbocycles. The van der Waals surface area contributed by atoms with E-state index in [1.807, 2.05) is 13.8 Å². The third kappa shape index (κ3) is 6.00. The van der Waals surface area contributed by atoms with Gasteiger partial charge in [0.2, 0.25) is 0 Å². The van der Waals surface area contributed by atoms with Gasteiger partial charge in [0.15, 0.2) is 0 Å². The van der Waals surface area contributed by atoms with E-state index in [0.29, 0.717) is 18.4 Å². The molecule has 4 heteroatoms. The van der Waals surface area contributed by atoms with Crippen LogP contribution in [0, 0.1) is 5.41 Å². The molecular formula is C8H14Br2O2. The van der Waals surface area contributed by atoms with E-state index in [9.17, 15) is 4.79 Å². The third-order valence-electron chi connectivity index (χ3n) is 1.28. The molecule has 0 aliphatic heterocycles. The number of ether oxygens (including phenoxy) is 1. The van der Waals surface area contributed by atoms with Gasteiger partial charge in [-0.3, -0.25) is 4.79 Å². The monoisotopic (exact) mass is 300 g/mol. The first-order valence-corrected chi connectivity index (χ1v) is 6.04. The van der Waals surface area contributed by atoms with Crippen molar-refractivity contribution in [3.05, 3.63) is 0 Å². The SMILES string of the molecule is CC(C)(CBr)COC(=O)CCBr. The van der Waals surface area contributed by atoms with Gasteiger partial charge in [0, 0.05) is 16.1 Å². The molecule has 0 heterocycles. The maximum atomic E-state index is 10.9. The maximum absolute atomic E-state index is 10.9. The number of alkyl halides is 2. The highest BCUT2D eigenvalue weighted by atomic mass is 79.9. The lowest BCUT2D eigenvalue weighted by molar-refractivity contribution is -0.145. The smallest absolute Gasteiger partial charge is 0.306 e. The standard InChI is InChI=1S/C8H14Br2O2/c1-8(2,5-10)6-12-7(11)3-4-9/h3-6H2,1-2H3. The Morgan fingerprint density at radius 3 is 2.42 bits per heavy atom. The Bertz CT molecular complexity index is 146. The van der Waals surface area contributed by atoms with Crippen LogP contribution < -0.4 is 0 Å². The second-order valence-electron chi connectivity index (χ2n) is 3.40. The molecule has 0 saturated heterocycles. The normalized spacial score (nSPS) is 11.3. The van der Waals surface area contributed by atoms with Crippen molar-refractivity contribution in [2.75, 3.05) is 17.3 Å². The fourth-order valence-electron chi connectivity index (χ4n) is 0.464. The summed E-state index contributed by atoms with van der Waals surface area (Å²) in [4.78, 5) is 10.9. The summed E-state index contributed by atoms with van der Waals surface area (Å²) in [5.74, 6) is -0.138. The third-order valence-corrected chi connectivity index (χ3v) is 3.20. The Hall–Kier alpha value is 0.430. The summed E-state index contributed by atoms with van der Waals surface area (Å²) >= 11 is 6.54. The predicted octanol–water partition coefficient (Wildman–Crippen LogP) is 2.74. The predicted molar refractivity (Wildman–Crippen MR) is 56.9 cm³/mol. The molecule has 0 aromatic heterocycles. The summed E-state index contributed by atoms with van der Waals surface area (Å²) in [5.41, 5.74) is 0.0297. The van der Waals surface area contributed by atoms with Gasteiger partial charge >= 0.3 is 5.97 Å². The quantitative estimate of drug-likeness (QED) is 0.576. The molecule has 0 atom stereocenters. The molecule has 0 spiro atoms. The zero-order valence-corrected chi connectivity index (χ0v) is 10.6. The average Bonchev–Trinajstić information content (AvgIpc) is 2.02. The minimum Gasteiger partial charge on any atom is -0.465 e. The van der Waals surface area contributed by atoms with Crippen LogP contribution in [0.2, 0.25) is 0 Å². The van der Waals surface area contributed by atoms with Gasteiger partial charge in [-0.15, -0.1) is 0 Å². The summed E-state index contributed by atoms with van der Waals surface area (Å²) in [5, 5.41) is 1.50. The van der Waals surface area contributed by atoms with Crippen LogP contribution in [0.25, 0.3) is 0 Å². The van der Waals surface area contributed by atoms with Gasteiger partial charge in [0.25, 0.3) is 0 Å². The van der Waals surface area contributed by atoms with Crippen molar-refractivity contribution < 1.29 is 9.53 Å². The number of hydrogen-bond donors (Lipinski definition) is 0. The van der Waals surface area contributed by atoms with Crippen LogP contribution in [-0.4, -0.2) is 23.2 Å². The first-order valence-electron chi connectivity index (χ1n) is 3.79. The van der Waals surface area contributed by atoms with Crippen molar-refractivity contribution >= 4 is 37.8 Å². The van der Waals surface area contributed by atoms with Gasteiger partial charge in [-0.1, -0.05) is 45.7 Å². The van der Waals surface area contributed by atoms with Gasteiger partial charge in [0.1, 0.15) is 0 Å². The van der Waals surface area contributed by atoms with Crippen molar-refractivity contribution in [1.29, 1.82) is 0 Å². The van der Waals surface area contributed by atoms with Crippen molar-refractivity contribution in [2.45, 2.75) is 20.3 Å².